The molecule has 1 atom stereocenters. The van der Waals surface area contributed by atoms with Crippen molar-refractivity contribution in [2.75, 3.05) is 18.4 Å². The van der Waals surface area contributed by atoms with Gasteiger partial charge in [0.2, 0.25) is 0 Å². The monoisotopic (exact) mass is 357 g/mol. The molecule has 2 aromatic rings. The first-order valence-electron chi connectivity index (χ1n) is 8.34. The van der Waals surface area contributed by atoms with Crippen molar-refractivity contribution in [3.05, 3.63) is 58.9 Å². The molecule has 1 aliphatic heterocycles. The van der Waals surface area contributed by atoms with Crippen LogP contribution >= 0.6 is 11.6 Å². The minimum absolute atomic E-state index is 0.0693. The Morgan fingerprint density at radius 2 is 1.92 bits per heavy atom. The van der Waals surface area contributed by atoms with Gasteiger partial charge in [0, 0.05) is 36.2 Å². The Kier molecular flexibility index (Phi) is 5.34. The van der Waals surface area contributed by atoms with E-state index in [1.807, 2.05) is 4.90 Å². The lowest BCUT2D eigenvalue weighted by Crippen LogP contribution is -2.39. The fourth-order valence-electron chi connectivity index (χ4n) is 2.97. The predicted molar refractivity (Wildman–Crippen MR) is 97.9 cm³/mol. The molecule has 1 fully saturated rings. The molecule has 3 rings (SSSR count). The first-order chi connectivity index (χ1) is 12.0. The van der Waals surface area contributed by atoms with Gasteiger partial charge in [0.25, 0.3) is 11.8 Å². The molecule has 0 saturated carbocycles. The Hall–Kier alpha value is -2.40. The average molecular weight is 358 g/mol. The van der Waals surface area contributed by atoms with Crippen LogP contribution in [0.5, 0.6) is 0 Å². The number of likely N-dealkylation sites (tertiary alicyclic amines) is 1. The zero-order chi connectivity index (χ0) is 17.8. The van der Waals surface area contributed by atoms with Gasteiger partial charge in [-0.15, -0.1) is 0 Å². The Labute approximate surface area is 152 Å². The van der Waals surface area contributed by atoms with E-state index in [4.69, 9.17) is 11.6 Å². The van der Waals surface area contributed by atoms with Crippen LogP contribution in [0.15, 0.2) is 42.7 Å². The lowest BCUT2D eigenvalue weighted by atomic mass is 9.99. The summed E-state index contributed by atoms with van der Waals surface area (Å²) in [4.78, 5) is 31.0. The molecule has 130 valence electrons. The van der Waals surface area contributed by atoms with E-state index in [0.717, 1.165) is 25.9 Å². The van der Waals surface area contributed by atoms with Crippen LogP contribution in [0, 0.1) is 5.92 Å². The third-order valence-corrected chi connectivity index (χ3v) is 4.55. The summed E-state index contributed by atoms with van der Waals surface area (Å²) < 4.78 is 0. The number of aromatic nitrogens is 1. The van der Waals surface area contributed by atoms with E-state index >= 15 is 0 Å². The van der Waals surface area contributed by atoms with Gasteiger partial charge in [-0.25, -0.2) is 0 Å². The molecule has 1 N–H and O–H groups in total. The number of carbonyl (C=O) groups excluding carboxylic acids is 2. The summed E-state index contributed by atoms with van der Waals surface area (Å²) in [7, 11) is 0. The molecule has 25 heavy (non-hydrogen) atoms. The number of amides is 2. The van der Waals surface area contributed by atoms with Crippen LogP contribution in [-0.2, 0) is 0 Å². The molecule has 2 amide bonds. The molecule has 0 aliphatic carbocycles. The van der Waals surface area contributed by atoms with Crippen LogP contribution in [0.4, 0.5) is 5.69 Å². The lowest BCUT2D eigenvalue weighted by Gasteiger charge is -2.30. The second kappa shape index (κ2) is 7.66. The third kappa shape index (κ3) is 4.37. The number of halogens is 1. The number of benzene rings is 1. The molecule has 1 saturated heterocycles. The molecule has 1 unspecified atom stereocenters. The minimum Gasteiger partial charge on any atom is -0.338 e. The van der Waals surface area contributed by atoms with Crippen molar-refractivity contribution in [2.24, 2.45) is 5.92 Å². The fourth-order valence-corrected chi connectivity index (χ4v) is 3.10. The minimum atomic E-state index is -0.309. The molecule has 1 aromatic carbocycles. The normalized spacial score (nSPS) is 17.2. The first kappa shape index (κ1) is 17.4. The number of rotatable bonds is 3. The Morgan fingerprint density at radius 3 is 2.64 bits per heavy atom. The van der Waals surface area contributed by atoms with Gasteiger partial charge in [-0.3, -0.25) is 14.6 Å². The number of anilines is 1. The summed E-state index contributed by atoms with van der Waals surface area (Å²) in [6.45, 7) is 3.65. The number of pyridine rings is 1. The van der Waals surface area contributed by atoms with Crippen molar-refractivity contribution < 1.29 is 9.59 Å². The van der Waals surface area contributed by atoms with E-state index in [0.29, 0.717) is 27.8 Å². The van der Waals surface area contributed by atoms with Gasteiger partial charge in [0.1, 0.15) is 0 Å². The van der Waals surface area contributed by atoms with Gasteiger partial charge < -0.3 is 10.2 Å². The Morgan fingerprint density at radius 1 is 1.20 bits per heavy atom. The maximum atomic E-state index is 12.7. The zero-order valence-electron chi connectivity index (χ0n) is 14.0. The fraction of sp³-hybridized carbons (Fsp3) is 0.316. The highest BCUT2D eigenvalue weighted by Crippen LogP contribution is 2.19. The summed E-state index contributed by atoms with van der Waals surface area (Å²) in [5.41, 5.74) is 1.43. The summed E-state index contributed by atoms with van der Waals surface area (Å²) >= 11 is 5.84. The second-order valence-electron chi connectivity index (χ2n) is 6.42. The van der Waals surface area contributed by atoms with Crippen molar-refractivity contribution in [3.8, 4) is 0 Å². The highest BCUT2D eigenvalue weighted by atomic mass is 35.5. The SMILES string of the molecule is CC1CCCN(C(=O)c2cncc(C(=O)Nc3ccc(Cl)cc3)c2)C1. The number of nitrogens with zero attached hydrogens (tertiary/aromatic N) is 2. The molecule has 1 aromatic heterocycles. The summed E-state index contributed by atoms with van der Waals surface area (Å²) in [6.07, 6.45) is 5.13. The number of hydrogen-bond donors (Lipinski definition) is 1. The van der Waals surface area contributed by atoms with Crippen LogP contribution in [0.1, 0.15) is 40.5 Å². The van der Waals surface area contributed by atoms with Crippen LogP contribution < -0.4 is 5.32 Å². The number of carbonyl (C=O) groups is 2. The smallest absolute Gasteiger partial charge is 0.257 e. The average Bonchev–Trinajstić information content (AvgIpc) is 2.63. The van der Waals surface area contributed by atoms with Crippen LogP contribution in [0.3, 0.4) is 0 Å². The molecular weight excluding hydrogens is 338 g/mol. The summed E-state index contributed by atoms with van der Waals surface area (Å²) in [5.74, 6) is 0.124. The van der Waals surface area contributed by atoms with E-state index in [9.17, 15) is 9.59 Å². The van der Waals surface area contributed by atoms with Crippen LogP contribution in [0.25, 0.3) is 0 Å². The number of nitrogens with one attached hydrogen (secondary N) is 1. The second-order valence-corrected chi connectivity index (χ2v) is 6.86. The van der Waals surface area contributed by atoms with E-state index in [2.05, 4.69) is 17.2 Å². The molecule has 0 spiro atoms. The largest absolute Gasteiger partial charge is 0.338 e. The van der Waals surface area contributed by atoms with Crippen molar-refractivity contribution in [3.63, 3.8) is 0 Å². The van der Waals surface area contributed by atoms with Crippen LogP contribution in [-0.4, -0.2) is 34.8 Å². The van der Waals surface area contributed by atoms with Gasteiger partial charge >= 0.3 is 0 Å². The van der Waals surface area contributed by atoms with Crippen molar-refractivity contribution in [1.29, 1.82) is 0 Å². The van der Waals surface area contributed by atoms with E-state index in [1.54, 1.807) is 30.3 Å². The predicted octanol–water partition coefficient (Wildman–Crippen LogP) is 3.86. The molecular formula is C19H20ClN3O2. The Balaban J connectivity index is 1.73. The molecule has 2 heterocycles. The standard InChI is InChI=1S/C19H20ClN3O2/c1-13-3-2-8-23(12-13)19(25)15-9-14(10-21-11-15)18(24)22-17-6-4-16(20)5-7-17/h4-7,9-11,13H,2-3,8,12H2,1H3,(H,22,24). The maximum absolute atomic E-state index is 12.7. The van der Waals surface area contributed by atoms with Gasteiger partial charge in [-0.05, 0) is 49.1 Å². The van der Waals surface area contributed by atoms with E-state index < -0.39 is 0 Å². The maximum Gasteiger partial charge on any atom is 0.257 e. The highest BCUT2D eigenvalue weighted by Gasteiger charge is 2.23. The van der Waals surface area contributed by atoms with E-state index in [-0.39, 0.29) is 11.8 Å². The van der Waals surface area contributed by atoms with Crippen molar-refractivity contribution in [1.82, 2.24) is 9.88 Å². The topological polar surface area (TPSA) is 62.3 Å². The highest BCUT2D eigenvalue weighted by molar-refractivity contribution is 6.30. The third-order valence-electron chi connectivity index (χ3n) is 4.29. The zero-order valence-corrected chi connectivity index (χ0v) is 14.8. The van der Waals surface area contributed by atoms with Gasteiger partial charge in [0.15, 0.2) is 0 Å². The molecule has 5 nitrogen and oxygen atoms in total. The van der Waals surface area contributed by atoms with Crippen molar-refractivity contribution in [2.45, 2.75) is 19.8 Å². The number of piperidine rings is 1. The molecule has 1 aliphatic rings. The van der Waals surface area contributed by atoms with Gasteiger partial charge in [0.05, 0.1) is 11.1 Å². The molecule has 6 heteroatoms. The molecule has 0 bridgehead atoms. The lowest BCUT2D eigenvalue weighted by molar-refractivity contribution is 0.0682. The van der Waals surface area contributed by atoms with Gasteiger partial charge in [-0.1, -0.05) is 18.5 Å². The van der Waals surface area contributed by atoms with Crippen LogP contribution in [0.2, 0.25) is 5.02 Å². The molecule has 0 radical (unpaired) electrons. The summed E-state index contributed by atoms with van der Waals surface area (Å²) in [6, 6.07) is 8.44. The summed E-state index contributed by atoms with van der Waals surface area (Å²) in [5, 5.41) is 3.38. The quantitative estimate of drug-likeness (QED) is 0.907. The Bertz CT molecular complexity index is 776. The first-order valence-corrected chi connectivity index (χ1v) is 8.72. The number of hydrogen-bond acceptors (Lipinski definition) is 3. The van der Waals surface area contributed by atoms with Crippen molar-refractivity contribution >= 4 is 29.1 Å². The van der Waals surface area contributed by atoms with Gasteiger partial charge in [-0.2, -0.15) is 0 Å². The van der Waals surface area contributed by atoms with E-state index in [1.165, 1.54) is 12.4 Å².